The topological polar surface area (TPSA) is 50.7 Å². The van der Waals surface area contributed by atoms with Crippen molar-refractivity contribution in [1.29, 1.82) is 0 Å². The number of aromatic amines is 1. The van der Waals surface area contributed by atoms with Gasteiger partial charge in [-0.3, -0.25) is 9.36 Å². The number of fused-ring (bicyclic) bond motifs is 3. The average Bonchev–Trinajstić information content (AvgIpc) is 3.00. The van der Waals surface area contributed by atoms with Crippen LogP contribution in [0.15, 0.2) is 58.5 Å². The van der Waals surface area contributed by atoms with E-state index in [0.29, 0.717) is 12.1 Å². The summed E-state index contributed by atoms with van der Waals surface area (Å²) in [6.07, 6.45) is 0. The molecule has 0 amide bonds. The van der Waals surface area contributed by atoms with Gasteiger partial charge in [-0.2, -0.15) is 0 Å². The molecule has 2 heterocycles. The van der Waals surface area contributed by atoms with Crippen LogP contribution >= 0.6 is 11.8 Å². The third-order valence-corrected chi connectivity index (χ3v) is 5.43. The molecule has 0 fully saturated rings. The molecule has 2 aromatic carbocycles. The Morgan fingerprint density at radius 1 is 1.12 bits per heavy atom. The third kappa shape index (κ3) is 2.85. The molecule has 126 valence electrons. The van der Waals surface area contributed by atoms with Gasteiger partial charge in [0, 0.05) is 23.2 Å². The molecule has 4 nitrogen and oxygen atoms in total. The molecule has 0 radical (unpaired) electrons. The van der Waals surface area contributed by atoms with Crippen LogP contribution in [0, 0.1) is 6.92 Å². The summed E-state index contributed by atoms with van der Waals surface area (Å²) in [7, 11) is 0. The maximum atomic E-state index is 12.9. The number of para-hydroxylation sites is 1. The number of benzene rings is 2. The van der Waals surface area contributed by atoms with E-state index in [1.54, 1.807) is 16.3 Å². The highest BCUT2D eigenvalue weighted by Crippen LogP contribution is 2.26. The number of aromatic nitrogens is 3. The van der Waals surface area contributed by atoms with Gasteiger partial charge in [-0.1, -0.05) is 59.8 Å². The first-order valence-electron chi connectivity index (χ1n) is 8.37. The summed E-state index contributed by atoms with van der Waals surface area (Å²) < 4.78 is 1.75. The van der Waals surface area contributed by atoms with Crippen molar-refractivity contribution in [3.8, 4) is 0 Å². The molecule has 0 saturated carbocycles. The predicted molar refractivity (Wildman–Crippen MR) is 104 cm³/mol. The molecular formula is C20H19N3OS. The standard InChI is InChI=1S/C20H19N3OS/c1-3-23-19(24)18-17(15-6-4-5-7-16(15)21-18)22-20(23)25-12-14-10-8-13(2)9-11-14/h4-11,21H,3,12H2,1-2H3. The first-order valence-corrected chi connectivity index (χ1v) is 9.35. The minimum absolute atomic E-state index is 0.00453. The van der Waals surface area contributed by atoms with E-state index in [1.165, 1.54) is 11.1 Å². The van der Waals surface area contributed by atoms with Gasteiger partial charge in [0.25, 0.3) is 5.56 Å². The monoisotopic (exact) mass is 349 g/mol. The number of thioether (sulfide) groups is 1. The first-order chi connectivity index (χ1) is 12.2. The number of aryl methyl sites for hydroxylation is 1. The van der Waals surface area contributed by atoms with Crippen LogP contribution < -0.4 is 5.56 Å². The summed E-state index contributed by atoms with van der Waals surface area (Å²) in [5, 5.41) is 1.76. The Balaban J connectivity index is 1.80. The molecule has 0 spiro atoms. The molecule has 4 aromatic rings. The molecule has 0 unspecified atom stereocenters. The largest absolute Gasteiger partial charge is 0.349 e. The Kier molecular flexibility index (Phi) is 4.09. The molecular weight excluding hydrogens is 330 g/mol. The molecule has 2 aromatic heterocycles. The molecule has 25 heavy (non-hydrogen) atoms. The quantitative estimate of drug-likeness (QED) is 0.436. The van der Waals surface area contributed by atoms with Gasteiger partial charge in [0.1, 0.15) is 11.0 Å². The maximum Gasteiger partial charge on any atom is 0.278 e. The van der Waals surface area contributed by atoms with Crippen LogP contribution in [0.1, 0.15) is 18.1 Å². The van der Waals surface area contributed by atoms with Crippen LogP contribution in [0.3, 0.4) is 0 Å². The smallest absolute Gasteiger partial charge is 0.278 e. The number of rotatable bonds is 4. The Morgan fingerprint density at radius 3 is 2.64 bits per heavy atom. The van der Waals surface area contributed by atoms with Crippen molar-refractivity contribution < 1.29 is 0 Å². The lowest BCUT2D eigenvalue weighted by Gasteiger charge is -2.10. The molecule has 0 atom stereocenters. The van der Waals surface area contributed by atoms with Gasteiger partial charge in [0.2, 0.25) is 0 Å². The number of nitrogens with zero attached hydrogens (tertiary/aromatic N) is 2. The van der Waals surface area contributed by atoms with Gasteiger partial charge in [-0.15, -0.1) is 0 Å². The summed E-state index contributed by atoms with van der Waals surface area (Å²) in [5.74, 6) is 0.792. The van der Waals surface area contributed by atoms with Crippen molar-refractivity contribution >= 4 is 33.7 Å². The molecule has 0 bridgehead atoms. The second kappa shape index (κ2) is 6.41. The van der Waals surface area contributed by atoms with Crippen LogP contribution in [-0.2, 0) is 12.3 Å². The fourth-order valence-electron chi connectivity index (χ4n) is 3.00. The van der Waals surface area contributed by atoms with E-state index >= 15 is 0 Å². The van der Waals surface area contributed by atoms with Crippen molar-refractivity contribution in [2.45, 2.75) is 31.3 Å². The Morgan fingerprint density at radius 2 is 1.88 bits per heavy atom. The van der Waals surface area contributed by atoms with Gasteiger partial charge < -0.3 is 4.98 Å². The lowest BCUT2D eigenvalue weighted by atomic mass is 10.2. The van der Waals surface area contributed by atoms with Gasteiger partial charge >= 0.3 is 0 Å². The van der Waals surface area contributed by atoms with Crippen molar-refractivity contribution in [2.24, 2.45) is 0 Å². The second-order valence-electron chi connectivity index (χ2n) is 6.11. The van der Waals surface area contributed by atoms with Gasteiger partial charge in [0.05, 0.1) is 0 Å². The van der Waals surface area contributed by atoms with E-state index in [9.17, 15) is 4.79 Å². The number of hydrogen-bond donors (Lipinski definition) is 1. The fraction of sp³-hybridized carbons (Fsp3) is 0.200. The zero-order chi connectivity index (χ0) is 17.4. The normalized spacial score (nSPS) is 11.4. The fourth-order valence-corrected chi connectivity index (χ4v) is 4.01. The Labute approximate surface area is 149 Å². The third-order valence-electron chi connectivity index (χ3n) is 4.38. The molecule has 0 aliphatic heterocycles. The van der Waals surface area contributed by atoms with Crippen molar-refractivity contribution in [3.63, 3.8) is 0 Å². The van der Waals surface area contributed by atoms with Crippen LogP contribution in [-0.4, -0.2) is 14.5 Å². The summed E-state index contributed by atoms with van der Waals surface area (Å²) in [5.41, 5.74) is 4.77. The average molecular weight is 349 g/mol. The summed E-state index contributed by atoms with van der Waals surface area (Å²) in [6.45, 7) is 4.67. The molecule has 0 aliphatic carbocycles. The lowest BCUT2D eigenvalue weighted by molar-refractivity contribution is 0.634. The highest BCUT2D eigenvalue weighted by Gasteiger charge is 2.14. The molecule has 4 rings (SSSR count). The van der Waals surface area contributed by atoms with Gasteiger partial charge in [0.15, 0.2) is 5.16 Å². The molecule has 0 saturated heterocycles. The molecule has 1 N–H and O–H groups in total. The highest BCUT2D eigenvalue weighted by molar-refractivity contribution is 7.98. The van der Waals surface area contributed by atoms with Gasteiger partial charge in [-0.05, 0) is 25.5 Å². The van der Waals surface area contributed by atoms with Crippen LogP contribution in [0.2, 0.25) is 0 Å². The highest BCUT2D eigenvalue weighted by atomic mass is 32.2. The number of H-pyrrole nitrogens is 1. The van der Waals surface area contributed by atoms with Gasteiger partial charge in [-0.25, -0.2) is 4.98 Å². The van der Waals surface area contributed by atoms with E-state index in [0.717, 1.165) is 27.3 Å². The van der Waals surface area contributed by atoms with Crippen LogP contribution in [0.5, 0.6) is 0 Å². The minimum atomic E-state index is -0.00453. The Bertz CT molecular complexity index is 1110. The second-order valence-corrected chi connectivity index (χ2v) is 7.05. The van der Waals surface area contributed by atoms with Crippen molar-refractivity contribution in [2.75, 3.05) is 0 Å². The zero-order valence-electron chi connectivity index (χ0n) is 14.2. The van der Waals surface area contributed by atoms with E-state index < -0.39 is 0 Å². The lowest BCUT2D eigenvalue weighted by Crippen LogP contribution is -2.22. The van der Waals surface area contributed by atoms with E-state index in [2.05, 4.69) is 36.2 Å². The molecule has 5 heteroatoms. The van der Waals surface area contributed by atoms with E-state index in [4.69, 9.17) is 4.98 Å². The first kappa shape index (κ1) is 16.0. The summed E-state index contributed by atoms with van der Waals surface area (Å²) in [6, 6.07) is 16.4. The van der Waals surface area contributed by atoms with E-state index in [-0.39, 0.29) is 5.56 Å². The van der Waals surface area contributed by atoms with Crippen molar-refractivity contribution in [1.82, 2.24) is 14.5 Å². The predicted octanol–water partition coefficient (Wildman–Crippen LogP) is 4.50. The minimum Gasteiger partial charge on any atom is -0.349 e. The Hall–Kier alpha value is -2.53. The SMILES string of the molecule is CCn1c(SCc2ccc(C)cc2)nc2c([nH]c3ccccc32)c1=O. The van der Waals surface area contributed by atoms with Crippen LogP contribution in [0.25, 0.3) is 21.9 Å². The summed E-state index contributed by atoms with van der Waals surface area (Å²) >= 11 is 1.61. The van der Waals surface area contributed by atoms with Crippen molar-refractivity contribution in [3.05, 3.63) is 70.0 Å². The zero-order valence-corrected chi connectivity index (χ0v) is 15.1. The summed E-state index contributed by atoms with van der Waals surface area (Å²) in [4.78, 5) is 20.9. The number of nitrogens with one attached hydrogen (secondary N) is 1. The maximum absolute atomic E-state index is 12.9. The molecule has 0 aliphatic rings. The number of hydrogen-bond acceptors (Lipinski definition) is 3. The van der Waals surface area contributed by atoms with Crippen LogP contribution in [0.4, 0.5) is 0 Å². The van der Waals surface area contributed by atoms with E-state index in [1.807, 2.05) is 31.2 Å².